The fourth-order valence-corrected chi connectivity index (χ4v) is 1.19. The molecule has 0 unspecified atom stereocenters. The molecule has 0 aromatic carbocycles. The zero-order chi connectivity index (χ0) is 12.6. The maximum Gasteiger partial charge on any atom is 0.326 e. The van der Waals surface area contributed by atoms with Crippen LogP contribution >= 0.6 is 0 Å². The number of hydrogen-bond donors (Lipinski definition) is 3. The molecule has 0 aliphatic heterocycles. The van der Waals surface area contributed by atoms with Crippen molar-refractivity contribution in [3.63, 3.8) is 0 Å². The highest BCUT2D eigenvalue weighted by Crippen LogP contribution is 1.94. The first-order valence-corrected chi connectivity index (χ1v) is 5.42. The van der Waals surface area contributed by atoms with Crippen molar-refractivity contribution in [2.45, 2.75) is 25.8 Å². The lowest BCUT2D eigenvalue weighted by molar-refractivity contribution is -0.139. The largest absolute Gasteiger partial charge is 0.480 e. The Morgan fingerprint density at radius 1 is 1.44 bits per heavy atom. The van der Waals surface area contributed by atoms with Gasteiger partial charge in [0.1, 0.15) is 6.04 Å². The molecule has 0 spiro atoms. The number of hydrogen-bond acceptors (Lipinski definition) is 3. The van der Waals surface area contributed by atoms with Gasteiger partial charge >= 0.3 is 12.0 Å². The van der Waals surface area contributed by atoms with Gasteiger partial charge < -0.3 is 20.6 Å². The lowest BCUT2D eigenvalue weighted by atomic mass is 10.2. The van der Waals surface area contributed by atoms with E-state index in [-0.39, 0.29) is 6.03 Å². The zero-order valence-electron chi connectivity index (χ0n) is 10.1. The molecule has 0 heterocycles. The lowest BCUT2D eigenvalue weighted by Gasteiger charge is -2.20. The van der Waals surface area contributed by atoms with Gasteiger partial charge in [0.05, 0.1) is 0 Å². The molecule has 16 heavy (non-hydrogen) atoms. The minimum atomic E-state index is -1.00. The quantitative estimate of drug-likeness (QED) is 0.543. The molecule has 0 radical (unpaired) electrons. The second-order valence-electron chi connectivity index (χ2n) is 3.63. The van der Waals surface area contributed by atoms with Crippen LogP contribution in [0.4, 0.5) is 4.79 Å². The number of urea groups is 1. The Morgan fingerprint density at radius 3 is 2.50 bits per heavy atom. The van der Waals surface area contributed by atoms with E-state index in [1.54, 1.807) is 14.0 Å². The predicted molar refractivity (Wildman–Crippen MR) is 61.4 cm³/mol. The third-order valence-corrected chi connectivity index (χ3v) is 2.27. The molecule has 1 atom stereocenters. The maximum absolute atomic E-state index is 11.5. The third-order valence-electron chi connectivity index (χ3n) is 2.27. The number of aliphatic carboxylic acids is 1. The molecule has 0 rings (SSSR count). The fourth-order valence-electron chi connectivity index (χ4n) is 1.19. The Balaban J connectivity index is 3.98. The molecule has 6 nitrogen and oxygen atoms in total. The molecule has 0 fully saturated rings. The van der Waals surface area contributed by atoms with E-state index in [1.165, 1.54) is 4.90 Å². The molecule has 0 saturated carbocycles. The standard InChI is InChI=1S/C10H21N3O3/c1-4-8(9(14)15)12-10(16)13(3)7-5-6-11-2/h8,11H,4-7H2,1-3H3,(H,12,16)(H,14,15)/t8-/m0/s1. The highest BCUT2D eigenvalue weighted by Gasteiger charge is 2.19. The van der Waals surface area contributed by atoms with Crippen molar-refractivity contribution in [3.8, 4) is 0 Å². The molecular weight excluding hydrogens is 210 g/mol. The van der Waals surface area contributed by atoms with E-state index in [4.69, 9.17) is 5.11 Å². The summed E-state index contributed by atoms with van der Waals surface area (Å²) in [7, 11) is 3.50. The van der Waals surface area contributed by atoms with E-state index in [0.29, 0.717) is 13.0 Å². The number of carbonyl (C=O) groups excluding carboxylic acids is 1. The molecule has 0 aliphatic rings. The SMILES string of the molecule is CC[C@H](NC(=O)N(C)CCCNC)C(=O)O. The summed E-state index contributed by atoms with van der Waals surface area (Å²) in [4.78, 5) is 23.7. The van der Waals surface area contributed by atoms with E-state index < -0.39 is 12.0 Å². The second-order valence-corrected chi connectivity index (χ2v) is 3.63. The molecule has 2 amide bonds. The van der Waals surface area contributed by atoms with Crippen molar-refractivity contribution in [2.24, 2.45) is 0 Å². The van der Waals surface area contributed by atoms with Crippen molar-refractivity contribution in [3.05, 3.63) is 0 Å². The van der Waals surface area contributed by atoms with Crippen molar-refractivity contribution in [1.29, 1.82) is 0 Å². The number of nitrogens with zero attached hydrogens (tertiary/aromatic N) is 1. The van der Waals surface area contributed by atoms with Crippen LogP contribution in [-0.4, -0.2) is 55.2 Å². The summed E-state index contributed by atoms with van der Waals surface area (Å²) in [5.74, 6) is -1.00. The van der Waals surface area contributed by atoms with E-state index in [1.807, 2.05) is 7.05 Å². The first-order valence-electron chi connectivity index (χ1n) is 5.42. The average Bonchev–Trinajstić information content (AvgIpc) is 2.25. The minimum absolute atomic E-state index is 0.342. The smallest absolute Gasteiger partial charge is 0.326 e. The summed E-state index contributed by atoms with van der Waals surface area (Å²) in [5.41, 5.74) is 0. The summed E-state index contributed by atoms with van der Waals surface area (Å²) in [6, 6.07) is -1.15. The Hall–Kier alpha value is -1.30. The van der Waals surface area contributed by atoms with Crippen LogP contribution in [-0.2, 0) is 4.79 Å². The molecule has 0 aromatic rings. The number of rotatable bonds is 7. The Labute approximate surface area is 96.0 Å². The lowest BCUT2D eigenvalue weighted by Crippen LogP contribution is -2.46. The third kappa shape index (κ3) is 5.55. The highest BCUT2D eigenvalue weighted by atomic mass is 16.4. The minimum Gasteiger partial charge on any atom is -0.480 e. The van der Waals surface area contributed by atoms with Crippen LogP contribution < -0.4 is 10.6 Å². The molecule has 3 N–H and O–H groups in total. The monoisotopic (exact) mass is 231 g/mol. The van der Waals surface area contributed by atoms with Crippen LogP contribution in [0, 0.1) is 0 Å². The van der Waals surface area contributed by atoms with Gasteiger partial charge in [-0.25, -0.2) is 9.59 Å². The van der Waals surface area contributed by atoms with Gasteiger partial charge in [0.2, 0.25) is 0 Å². The van der Waals surface area contributed by atoms with Crippen LogP contribution in [0.5, 0.6) is 0 Å². The van der Waals surface area contributed by atoms with Crippen LogP contribution in [0.25, 0.3) is 0 Å². The Kier molecular flexibility index (Phi) is 7.28. The average molecular weight is 231 g/mol. The molecule has 0 bridgehead atoms. The summed E-state index contributed by atoms with van der Waals surface area (Å²) in [6.07, 6.45) is 1.22. The van der Waals surface area contributed by atoms with Gasteiger partial charge in [-0.2, -0.15) is 0 Å². The summed E-state index contributed by atoms with van der Waals surface area (Å²) in [5, 5.41) is 14.2. The predicted octanol–water partition coefficient (Wildman–Crippen LogP) is 0.101. The van der Waals surface area contributed by atoms with Gasteiger partial charge in [0.25, 0.3) is 0 Å². The van der Waals surface area contributed by atoms with Gasteiger partial charge in [-0.1, -0.05) is 6.92 Å². The first kappa shape index (κ1) is 14.7. The number of nitrogens with one attached hydrogen (secondary N) is 2. The summed E-state index contributed by atoms with van der Waals surface area (Å²) >= 11 is 0. The normalized spacial score (nSPS) is 11.9. The Morgan fingerprint density at radius 2 is 2.06 bits per heavy atom. The van der Waals surface area contributed by atoms with Crippen LogP contribution in [0.15, 0.2) is 0 Å². The van der Waals surface area contributed by atoms with Gasteiger partial charge in [0, 0.05) is 13.6 Å². The van der Waals surface area contributed by atoms with Crippen molar-refractivity contribution in [2.75, 3.05) is 27.2 Å². The number of amides is 2. The molecule has 94 valence electrons. The Bertz CT molecular complexity index is 233. The second kappa shape index (κ2) is 7.92. The van der Waals surface area contributed by atoms with E-state index >= 15 is 0 Å². The summed E-state index contributed by atoms with van der Waals surface area (Å²) < 4.78 is 0. The number of carboxylic acid groups (broad SMARTS) is 1. The van der Waals surface area contributed by atoms with E-state index in [0.717, 1.165) is 13.0 Å². The molecular formula is C10H21N3O3. The van der Waals surface area contributed by atoms with Crippen molar-refractivity contribution < 1.29 is 14.7 Å². The van der Waals surface area contributed by atoms with Crippen LogP contribution in [0.3, 0.4) is 0 Å². The van der Waals surface area contributed by atoms with Gasteiger partial charge in [-0.3, -0.25) is 0 Å². The molecule has 0 aromatic heterocycles. The molecule has 6 heteroatoms. The van der Waals surface area contributed by atoms with Crippen molar-refractivity contribution in [1.82, 2.24) is 15.5 Å². The van der Waals surface area contributed by atoms with Crippen LogP contribution in [0.1, 0.15) is 19.8 Å². The number of carboxylic acids is 1. The topological polar surface area (TPSA) is 81.7 Å². The van der Waals surface area contributed by atoms with E-state index in [2.05, 4.69) is 10.6 Å². The van der Waals surface area contributed by atoms with Crippen molar-refractivity contribution >= 4 is 12.0 Å². The fraction of sp³-hybridized carbons (Fsp3) is 0.800. The zero-order valence-corrected chi connectivity index (χ0v) is 10.1. The van der Waals surface area contributed by atoms with Gasteiger partial charge in [-0.05, 0) is 26.4 Å². The summed E-state index contributed by atoms with van der Waals surface area (Å²) in [6.45, 7) is 3.15. The molecule has 0 saturated heterocycles. The number of carbonyl (C=O) groups is 2. The maximum atomic E-state index is 11.5. The van der Waals surface area contributed by atoms with Gasteiger partial charge in [0.15, 0.2) is 0 Å². The first-order chi connectivity index (χ1) is 7.52. The van der Waals surface area contributed by atoms with Crippen LogP contribution in [0.2, 0.25) is 0 Å². The highest BCUT2D eigenvalue weighted by molar-refractivity contribution is 5.82. The molecule has 0 aliphatic carbocycles. The van der Waals surface area contributed by atoms with Gasteiger partial charge in [-0.15, -0.1) is 0 Å². The van der Waals surface area contributed by atoms with E-state index in [9.17, 15) is 9.59 Å².